The maximum atomic E-state index is 13.6. The van der Waals surface area contributed by atoms with Gasteiger partial charge in [0.1, 0.15) is 11.6 Å². The molecule has 0 bridgehead atoms. The minimum atomic E-state index is -0.562. The van der Waals surface area contributed by atoms with Crippen molar-refractivity contribution in [3.8, 4) is 12.3 Å². The highest BCUT2D eigenvalue weighted by molar-refractivity contribution is 5.51. The van der Waals surface area contributed by atoms with Gasteiger partial charge in [-0.1, -0.05) is 18.1 Å². The lowest BCUT2D eigenvalue weighted by molar-refractivity contribution is 0.544. The quantitative estimate of drug-likeness (QED) is 0.816. The second-order valence-electron chi connectivity index (χ2n) is 4.23. The number of anilines is 1. The first kappa shape index (κ1) is 13.1. The second kappa shape index (κ2) is 5.53. The van der Waals surface area contributed by atoms with Gasteiger partial charge in [0.25, 0.3) is 0 Å². The van der Waals surface area contributed by atoms with E-state index < -0.39 is 17.7 Å². The molecular formula is C16H13F2N. The first-order chi connectivity index (χ1) is 9.11. The first-order valence-corrected chi connectivity index (χ1v) is 5.89. The van der Waals surface area contributed by atoms with Gasteiger partial charge in [0.05, 0.1) is 6.04 Å². The van der Waals surface area contributed by atoms with Crippen molar-refractivity contribution >= 4 is 5.69 Å². The van der Waals surface area contributed by atoms with Crippen molar-refractivity contribution in [2.24, 2.45) is 0 Å². The van der Waals surface area contributed by atoms with Crippen molar-refractivity contribution in [2.45, 2.75) is 13.0 Å². The summed E-state index contributed by atoms with van der Waals surface area (Å²) in [5.41, 5.74) is 1.46. The smallest absolute Gasteiger partial charge is 0.131 e. The Labute approximate surface area is 111 Å². The SMILES string of the molecule is C#Cc1cccc(NC(C)c2c(F)cccc2F)c1. The van der Waals surface area contributed by atoms with Crippen LogP contribution in [0.4, 0.5) is 14.5 Å². The van der Waals surface area contributed by atoms with Crippen LogP contribution in [-0.2, 0) is 0 Å². The van der Waals surface area contributed by atoms with E-state index in [4.69, 9.17) is 6.42 Å². The fourth-order valence-electron chi connectivity index (χ4n) is 1.95. The Bertz CT molecular complexity index is 609. The number of nitrogens with one attached hydrogen (secondary N) is 1. The molecule has 19 heavy (non-hydrogen) atoms. The van der Waals surface area contributed by atoms with Crippen LogP contribution in [0, 0.1) is 24.0 Å². The molecule has 1 N–H and O–H groups in total. The lowest BCUT2D eigenvalue weighted by Gasteiger charge is -2.17. The summed E-state index contributed by atoms with van der Waals surface area (Å²) in [6.07, 6.45) is 5.31. The summed E-state index contributed by atoms with van der Waals surface area (Å²) >= 11 is 0. The van der Waals surface area contributed by atoms with E-state index in [0.717, 1.165) is 5.69 Å². The zero-order chi connectivity index (χ0) is 13.8. The molecular weight excluding hydrogens is 244 g/mol. The van der Waals surface area contributed by atoms with Crippen molar-refractivity contribution < 1.29 is 8.78 Å². The van der Waals surface area contributed by atoms with Crippen molar-refractivity contribution in [3.63, 3.8) is 0 Å². The van der Waals surface area contributed by atoms with Gasteiger partial charge in [-0.3, -0.25) is 0 Å². The van der Waals surface area contributed by atoms with E-state index in [2.05, 4.69) is 11.2 Å². The Morgan fingerprint density at radius 3 is 2.37 bits per heavy atom. The van der Waals surface area contributed by atoms with Crippen LogP contribution in [0.15, 0.2) is 42.5 Å². The number of hydrogen-bond acceptors (Lipinski definition) is 1. The Morgan fingerprint density at radius 2 is 1.74 bits per heavy atom. The Morgan fingerprint density at radius 1 is 1.11 bits per heavy atom. The number of hydrogen-bond donors (Lipinski definition) is 1. The summed E-state index contributed by atoms with van der Waals surface area (Å²) in [6.45, 7) is 1.70. The molecule has 0 amide bonds. The highest BCUT2D eigenvalue weighted by Gasteiger charge is 2.15. The molecule has 0 saturated carbocycles. The maximum Gasteiger partial charge on any atom is 0.131 e. The lowest BCUT2D eigenvalue weighted by atomic mass is 10.1. The third-order valence-electron chi connectivity index (χ3n) is 2.85. The van der Waals surface area contributed by atoms with E-state index in [1.807, 2.05) is 0 Å². The average Bonchev–Trinajstić information content (AvgIpc) is 2.38. The van der Waals surface area contributed by atoms with E-state index in [0.29, 0.717) is 5.56 Å². The minimum Gasteiger partial charge on any atom is -0.378 e. The van der Waals surface area contributed by atoms with Crippen molar-refractivity contribution in [1.29, 1.82) is 0 Å². The van der Waals surface area contributed by atoms with Crippen LogP contribution in [0.2, 0.25) is 0 Å². The van der Waals surface area contributed by atoms with Gasteiger partial charge in [0.15, 0.2) is 0 Å². The highest BCUT2D eigenvalue weighted by Crippen LogP contribution is 2.24. The summed E-state index contributed by atoms with van der Waals surface area (Å²) in [5.74, 6) is 1.39. The summed E-state index contributed by atoms with van der Waals surface area (Å²) in [6, 6.07) is 10.5. The Kier molecular flexibility index (Phi) is 3.82. The second-order valence-corrected chi connectivity index (χ2v) is 4.23. The first-order valence-electron chi connectivity index (χ1n) is 5.89. The number of halogens is 2. The molecule has 2 aromatic rings. The van der Waals surface area contributed by atoms with E-state index in [9.17, 15) is 8.78 Å². The lowest BCUT2D eigenvalue weighted by Crippen LogP contribution is -2.10. The standard InChI is InChI=1S/C16H13F2N/c1-3-12-6-4-7-13(10-12)19-11(2)16-14(17)8-5-9-15(16)18/h1,4-11,19H,2H3. The third kappa shape index (κ3) is 2.92. The minimum absolute atomic E-state index is 0.0219. The molecule has 2 rings (SSSR count). The molecule has 1 atom stereocenters. The third-order valence-corrected chi connectivity index (χ3v) is 2.85. The van der Waals surface area contributed by atoms with Gasteiger partial charge in [-0.05, 0) is 37.3 Å². The predicted molar refractivity (Wildman–Crippen MR) is 72.8 cm³/mol. The summed E-state index contributed by atoms with van der Waals surface area (Å²) < 4.78 is 27.3. The zero-order valence-corrected chi connectivity index (χ0v) is 10.5. The maximum absolute atomic E-state index is 13.6. The molecule has 0 saturated heterocycles. The van der Waals surface area contributed by atoms with Gasteiger partial charge in [-0.15, -0.1) is 6.42 Å². The van der Waals surface area contributed by atoms with Crippen LogP contribution in [0.3, 0.4) is 0 Å². The predicted octanol–water partition coefficient (Wildman–Crippen LogP) is 4.12. The van der Waals surface area contributed by atoms with Crippen LogP contribution < -0.4 is 5.32 Å². The van der Waals surface area contributed by atoms with Crippen LogP contribution in [-0.4, -0.2) is 0 Å². The number of terminal acetylenes is 1. The molecule has 0 aliphatic rings. The summed E-state index contributed by atoms with van der Waals surface area (Å²) in [7, 11) is 0. The van der Waals surface area contributed by atoms with Gasteiger partial charge in [-0.25, -0.2) is 8.78 Å². The van der Waals surface area contributed by atoms with Crippen LogP contribution >= 0.6 is 0 Å². The molecule has 2 aromatic carbocycles. The van der Waals surface area contributed by atoms with Crippen LogP contribution in [0.5, 0.6) is 0 Å². The van der Waals surface area contributed by atoms with E-state index in [-0.39, 0.29) is 5.56 Å². The van der Waals surface area contributed by atoms with Gasteiger partial charge >= 0.3 is 0 Å². The zero-order valence-electron chi connectivity index (χ0n) is 10.5. The fourth-order valence-corrected chi connectivity index (χ4v) is 1.95. The van der Waals surface area contributed by atoms with E-state index >= 15 is 0 Å². The van der Waals surface area contributed by atoms with Gasteiger partial charge < -0.3 is 5.32 Å². The highest BCUT2D eigenvalue weighted by atomic mass is 19.1. The molecule has 96 valence electrons. The normalized spacial score (nSPS) is 11.7. The topological polar surface area (TPSA) is 12.0 Å². The van der Waals surface area contributed by atoms with Crippen LogP contribution in [0.25, 0.3) is 0 Å². The molecule has 0 radical (unpaired) electrons. The number of benzene rings is 2. The van der Waals surface area contributed by atoms with Gasteiger partial charge in [0.2, 0.25) is 0 Å². The van der Waals surface area contributed by atoms with Crippen LogP contribution in [0.1, 0.15) is 24.1 Å². The summed E-state index contributed by atoms with van der Waals surface area (Å²) in [4.78, 5) is 0. The average molecular weight is 257 g/mol. The largest absolute Gasteiger partial charge is 0.378 e. The molecule has 0 aromatic heterocycles. The monoisotopic (exact) mass is 257 g/mol. The van der Waals surface area contributed by atoms with Crippen molar-refractivity contribution in [1.82, 2.24) is 0 Å². The van der Waals surface area contributed by atoms with Crippen molar-refractivity contribution in [3.05, 3.63) is 65.2 Å². The van der Waals surface area contributed by atoms with Crippen molar-refractivity contribution in [2.75, 3.05) is 5.32 Å². The summed E-state index contributed by atoms with van der Waals surface area (Å²) in [5, 5.41) is 3.04. The molecule has 1 unspecified atom stereocenters. The van der Waals surface area contributed by atoms with Gasteiger partial charge in [-0.2, -0.15) is 0 Å². The molecule has 1 nitrogen and oxygen atoms in total. The van der Waals surface area contributed by atoms with E-state index in [1.54, 1.807) is 31.2 Å². The Balaban J connectivity index is 2.26. The fraction of sp³-hybridized carbons (Fsp3) is 0.125. The number of rotatable bonds is 3. The van der Waals surface area contributed by atoms with Gasteiger partial charge in [0, 0.05) is 16.8 Å². The molecule has 0 heterocycles. The molecule has 0 aliphatic heterocycles. The Hall–Kier alpha value is -2.34. The molecule has 0 aliphatic carbocycles. The molecule has 0 spiro atoms. The molecule has 3 heteroatoms. The molecule has 0 fully saturated rings. The van der Waals surface area contributed by atoms with E-state index in [1.165, 1.54) is 18.2 Å².